The van der Waals surface area contributed by atoms with Gasteiger partial charge in [-0.2, -0.15) is 5.26 Å². The van der Waals surface area contributed by atoms with Crippen LogP contribution in [0.25, 0.3) is 0 Å². The van der Waals surface area contributed by atoms with Crippen LogP contribution in [0.1, 0.15) is 24.4 Å². The van der Waals surface area contributed by atoms with E-state index in [1.54, 1.807) is 36.7 Å². The molecule has 19 heavy (non-hydrogen) atoms. The Balaban J connectivity index is 1.92. The van der Waals surface area contributed by atoms with E-state index in [0.29, 0.717) is 17.1 Å². The van der Waals surface area contributed by atoms with Crippen molar-refractivity contribution in [3.05, 3.63) is 48.0 Å². The molecular weight excluding hydrogens is 242 g/mol. The number of urea groups is 1. The lowest BCUT2D eigenvalue weighted by molar-refractivity contribution is 0.249. The van der Waals surface area contributed by atoms with Crippen LogP contribution in [0.5, 0.6) is 0 Å². The van der Waals surface area contributed by atoms with Crippen LogP contribution in [0.3, 0.4) is 0 Å². The quantitative estimate of drug-likeness (QED) is 0.784. The first-order valence-electron chi connectivity index (χ1n) is 5.76. The molecule has 1 unspecified atom stereocenters. The highest BCUT2D eigenvalue weighted by Crippen LogP contribution is 2.10. The standard InChI is InChI=1S/C13H13N5O/c1-9(12-15-6-7-16-12)17-13(19)18-11-4-2-10(8-14)3-5-11/h2-7,9H,1H3,(H,15,16)(H2,17,18,19). The number of nitrogens with zero attached hydrogens (tertiary/aromatic N) is 2. The summed E-state index contributed by atoms with van der Waals surface area (Å²) in [6.07, 6.45) is 3.33. The highest BCUT2D eigenvalue weighted by molar-refractivity contribution is 5.89. The number of benzene rings is 1. The van der Waals surface area contributed by atoms with E-state index in [9.17, 15) is 4.79 Å². The van der Waals surface area contributed by atoms with Gasteiger partial charge in [0.05, 0.1) is 17.7 Å². The van der Waals surface area contributed by atoms with Gasteiger partial charge in [-0.05, 0) is 31.2 Å². The minimum atomic E-state index is -0.325. The number of hydrogen-bond donors (Lipinski definition) is 3. The van der Waals surface area contributed by atoms with Crippen LogP contribution in [0.15, 0.2) is 36.7 Å². The normalized spacial score (nSPS) is 11.4. The smallest absolute Gasteiger partial charge is 0.319 e. The maximum Gasteiger partial charge on any atom is 0.319 e. The third-order valence-electron chi connectivity index (χ3n) is 2.55. The number of nitriles is 1. The summed E-state index contributed by atoms with van der Waals surface area (Å²) in [5.41, 5.74) is 1.18. The highest BCUT2D eigenvalue weighted by atomic mass is 16.2. The predicted octanol–water partition coefficient (Wildman–Crippen LogP) is 2.16. The Morgan fingerprint density at radius 1 is 1.42 bits per heavy atom. The van der Waals surface area contributed by atoms with Gasteiger partial charge in [0, 0.05) is 18.1 Å². The van der Waals surface area contributed by atoms with Crippen LogP contribution in [0.2, 0.25) is 0 Å². The second kappa shape index (κ2) is 5.69. The number of H-pyrrole nitrogens is 1. The summed E-state index contributed by atoms with van der Waals surface area (Å²) in [4.78, 5) is 18.7. The molecule has 2 aromatic rings. The highest BCUT2D eigenvalue weighted by Gasteiger charge is 2.11. The molecule has 0 fully saturated rings. The topological polar surface area (TPSA) is 93.6 Å². The van der Waals surface area contributed by atoms with Gasteiger partial charge in [-0.1, -0.05) is 0 Å². The van der Waals surface area contributed by atoms with Gasteiger partial charge in [0.1, 0.15) is 5.82 Å². The predicted molar refractivity (Wildman–Crippen MR) is 70.3 cm³/mol. The molecule has 6 nitrogen and oxygen atoms in total. The minimum Gasteiger partial charge on any atom is -0.347 e. The second-order valence-corrected chi connectivity index (χ2v) is 3.98. The van der Waals surface area contributed by atoms with Crippen molar-refractivity contribution in [3.63, 3.8) is 0 Å². The molecule has 2 amide bonds. The molecular formula is C13H13N5O. The molecule has 96 valence electrons. The first-order chi connectivity index (χ1) is 9.19. The van der Waals surface area contributed by atoms with Crippen molar-refractivity contribution in [2.45, 2.75) is 13.0 Å². The third-order valence-corrected chi connectivity index (χ3v) is 2.55. The van der Waals surface area contributed by atoms with Gasteiger partial charge in [-0.25, -0.2) is 9.78 Å². The van der Waals surface area contributed by atoms with Gasteiger partial charge in [0.15, 0.2) is 0 Å². The van der Waals surface area contributed by atoms with Crippen LogP contribution in [-0.2, 0) is 0 Å². The number of carbonyl (C=O) groups is 1. The van der Waals surface area contributed by atoms with Crippen LogP contribution < -0.4 is 10.6 Å². The summed E-state index contributed by atoms with van der Waals surface area (Å²) in [5, 5.41) is 14.1. The summed E-state index contributed by atoms with van der Waals surface area (Å²) in [5.74, 6) is 0.690. The number of aromatic amines is 1. The van der Waals surface area contributed by atoms with E-state index in [0.717, 1.165) is 0 Å². The molecule has 1 aromatic carbocycles. The SMILES string of the molecule is CC(NC(=O)Nc1ccc(C#N)cc1)c1ncc[nH]1. The zero-order valence-corrected chi connectivity index (χ0v) is 10.3. The first-order valence-corrected chi connectivity index (χ1v) is 5.76. The molecule has 6 heteroatoms. The Morgan fingerprint density at radius 3 is 2.74 bits per heavy atom. The number of hydrogen-bond acceptors (Lipinski definition) is 3. The molecule has 0 saturated carbocycles. The molecule has 1 atom stereocenters. The monoisotopic (exact) mass is 255 g/mol. The van der Waals surface area contributed by atoms with Gasteiger partial charge >= 0.3 is 6.03 Å². The fraction of sp³-hybridized carbons (Fsp3) is 0.154. The van der Waals surface area contributed by atoms with Gasteiger partial charge in [0.2, 0.25) is 0 Å². The maximum atomic E-state index is 11.7. The van der Waals surface area contributed by atoms with Crippen molar-refractivity contribution in [1.29, 1.82) is 5.26 Å². The van der Waals surface area contributed by atoms with E-state index in [1.165, 1.54) is 0 Å². The average molecular weight is 255 g/mol. The fourth-order valence-electron chi connectivity index (χ4n) is 1.57. The number of nitrogens with one attached hydrogen (secondary N) is 3. The molecule has 2 rings (SSSR count). The number of aromatic nitrogens is 2. The maximum absolute atomic E-state index is 11.7. The first kappa shape index (κ1) is 12.6. The summed E-state index contributed by atoms with van der Waals surface area (Å²) in [6, 6.07) is 8.12. The number of imidazole rings is 1. The lowest BCUT2D eigenvalue weighted by Crippen LogP contribution is -2.31. The molecule has 0 aliphatic carbocycles. The second-order valence-electron chi connectivity index (χ2n) is 3.98. The minimum absolute atomic E-state index is 0.214. The molecule has 0 saturated heterocycles. The number of rotatable bonds is 3. The third kappa shape index (κ3) is 3.33. The molecule has 0 bridgehead atoms. The zero-order chi connectivity index (χ0) is 13.7. The summed E-state index contributed by atoms with van der Waals surface area (Å²) < 4.78 is 0. The van der Waals surface area contributed by atoms with E-state index in [1.807, 2.05) is 13.0 Å². The number of amides is 2. The van der Waals surface area contributed by atoms with Crippen molar-refractivity contribution in [3.8, 4) is 6.07 Å². The van der Waals surface area contributed by atoms with Crippen molar-refractivity contribution in [2.75, 3.05) is 5.32 Å². The van der Waals surface area contributed by atoms with Gasteiger partial charge in [-0.3, -0.25) is 0 Å². The van der Waals surface area contributed by atoms with Crippen molar-refractivity contribution in [1.82, 2.24) is 15.3 Å². The van der Waals surface area contributed by atoms with Crippen molar-refractivity contribution >= 4 is 11.7 Å². The Hall–Kier alpha value is -2.81. The Bertz CT molecular complexity index is 582. The Kier molecular flexibility index (Phi) is 3.78. The van der Waals surface area contributed by atoms with Crippen LogP contribution in [0, 0.1) is 11.3 Å². The van der Waals surface area contributed by atoms with E-state index in [-0.39, 0.29) is 12.1 Å². The van der Waals surface area contributed by atoms with Gasteiger partial charge in [0.25, 0.3) is 0 Å². The lowest BCUT2D eigenvalue weighted by Gasteiger charge is -2.12. The summed E-state index contributed by atoms with van der Waals surface area (Å²) in [7, 11) is 0. The molecule has 1 aromatic heterocycles. The van der Waals surface area contributed by atoms with Gasteiger partial charge < -0.3 is 15.6 Å². The fourth-order valence-corrected chi connectivity index (χ4v) is 1.57. The van der Waals surface area contributed by atoms with E-state index in [4.69, 9.17) is 5.26 Å². The summed E-state index contributed by atoms with van der Waals surface area (Å²) in [6.45, 7) is 1.83. The van der Waals surface area contributed by atoms with Crippen molar-refractivity contribution in [2.24, 2.45) is 0 Å². The van der Waals surface area contributed by atoms with Gasteiger partial charge in [-0.15, -0.1) is 0 Å². The Labute approximate surface area is 110 Å². The van der Waals surface area contributed by atoms with Crippen LogP contribution >= 0.6 is 0 Å². The summed E-state index contributed by atoms with van der Waals surface area (Å²) >= 11 is 0. The Morgan fingerprint density at radius 2 is 2.16 bits per heavy atom. The lowest BCUT2D eigenvalue weighted by atomic mass is 10.2. The average Bonchev–Trinajstić information content (AvgIpc) is 2.93. The molecule has 1 heterocycles. The van der Waals surface area contributed by atoms with Crippen LogP contribution in [-0.4, -0.2) is 16.0 Å². The molecule has 0 radical (unpaired) electrons. The van der Waals surface area contributed by atoms with E-state index >= 15 is 0 Å². The van der Waals surface area contributed by atoms with E-state index in [2.05, 4.69) is 20.6 Å². The molecule has 0 aliphatic heterocycles. The van der Waals surface area contributed by atoms with Crippen molar-refractivity contribution < 1.29 is 4.79 Å². The molecule has 0 aliphatic rings. The van der Waals surface area contributed by atoms with E-state index < -0.39 is 0 Å². The molecule has 0 spiro atoms. The zero-order valence-electron chi connectivity index (χ0n) is 10.3. The largest absolute Gasteiger partial charge is 0.347 e. The molecule has 3 N–H and O–H groups in total. The van der Waals surface area contributed by atoms with Crippen LogP contribution in [0.4, 0.5) is 10.5 Å². The number of carbonyl (C=O) groups excluding carboxylic acids is 1. The number of anilines is 1.